The molecule has 0 amide bonds. The molecule has 1 heterocycles. The molecule has 2 aliphatic rings. The summed E-state index contributed by atoms with van der Waals surface area (Å²) in [4.78, 5) is 2.65. The first kappa shape index (κ1) is 15.1. The fourth-order valence-corrected chi connectivity index (χ4v) is 3.81. The zero-order valence-electron chi connectivity index (χ0n) is 13.5. The molecule has 1 aromatic rings. The van der Waals surface area contributed by atoms with Crippen molar-refractivity contribution in [3.8, 4) is 0 Å². The van der Waals surface area contributed by atoms with Gasteiger partial charge < -0.3 is 5.32 Å². The maximum Gasteiger partial charge on any atom is 0.0233 e. The van der Waals surface area contributed by atoms with Crippen LogP contribution in [0.3, 0.4) is 0 Å². The molecular weight excluding hydrogens is 256 g/mol. The molecule has 3 rings (SSSR count). The Morgan fingerprint density at radius 3 is 2.76 bits per heavy atom. The van der Waals surface area contributed by atoms with Gasteiger partial charge in [0.15, 0.2) is 0 Å². The van der Waals surface area contributed by atoms with Crippen LogP contribution >= 0.6 is 0 Å². The van der Waals surface area contributed by atoms with Crippen LogP contribution in [-0.4, -0.2) is 31.1 Å². The number of benzene rings is 1. The Bertz CT molecular complexity index is 447. The highest BCUT2D eigenvalue weighted by Crippen LogP contribution is 2.24. The van der Waals surface area contributed by atoms with E-state index < -0.39 is 0 Å². The summed E-state index contributed by atoms with van der Waals surface area (Å²) >= 11 is 0. The van der Waals surface area contributed by atoms with Crippen molar-refractivity contribution in [1.29, 1.82) is 0 Å². The zero-order chi connectivity index (χ0) is 14.5. The fraction of sp³-hybridized carbons (Fsp3) is 0.684. The third-order valence-electron chi connectivity index (χ3n) is 5.14. The van der Waals surface area contributed by atoms with Gasteiger partial charge in [0.1, 0.15) is 0 Å². The van der Waals surface area contributed by atoms with Gasteiger partial charge in [0.2, 0.25) is 0 Å². The molecule has 2 heteroatoms. The Labute approximate surface area is 129 Å². The van der Waals surface area contributed by atoms with Crippen molar-refractivity contribution < 1.29 is 0 Å². The Balaban J connectivity index is 1.45. The van der Waals surface area contributed by atoms with Crippen molar-refractivity contribution in [3.05, 3.63) is 34.9 Å². The van der Waals surface area contributed by atoms with Gasteiger partial charge in [-0.1, -0.05) is 25.1 Å². The van der Waals surface area contributed by atoms with Gasteiger partial charge in [-0.25, -0.2) is 0 Å². The molecule has 1 N–H and O–H groups in total. The van der Waals surface area contributed by atoms with E-state index >= 15 is 0 Å². The van der Waals surface area contributed by atoms with Crippen LogP contribution in [-0.2, 0) is 19.4 Å². The Morgan fingerprint density at radius 1 is 1.14 bits per heavy atom. The fourth-order valence-electron chi connectivity index (χ4n) is 3.81. The van der Waals surface area contributed by atoms with Crippen molar-refractivity contribution in [2.45, 2.75) is 52.0 Å². The van der Waals surface area contributed by atoms with Crippen LogP contribution in [0.15, 0.2) is 18.2 Å². The number of likely N-dealkylation sites (tertiary alicyclic amines) is 1. The number of hydrogen-bond acceptors (Lipinski definition) is 2. The highest BCUT2D eigenvalue weighted by atomic mass is 15.1. The molecule has 0 radical (unpaired) electrons. The number of nitrogens with one attached hydrogen (secondary N) is 1. The lowest BCUT2D eigenvalue weighted by Gasteiger charge is -2.32. The maximum absolute atomic E-state index is 3.58. The van der Waals surface area contributed by atoms with E-state index in [9.17, 15) is 0 Å². The van der Waals surface area contributed by atoms with Gasteiger partial charge in [0.25, 0.3) is 0 Å². The van der Waals surface area contributed by atoms with Crippen LogP contribution in [0.25, 0.3) is 0 Å². The Hall–Kier alpha value is -0.860. The first-order chi connectivity index (χ1) is 10.3. The second kappa shape index (κ2) is 7.42. The average Bonchev–Trinajstić information content (AvgIpc) is 2.97. The third-order valence-corrected chi connectivity index (χ3v) is 5.14. The maximum atomic E-state index is 3.58. The quantitative estimate of drug-likeness (QED) is 0.807. The molecular formula is C19H30N2. The minimum absolute atomic E-state index is 0.896. The normalized spacial score (nSPS) is 19.9. The highest BCUT2D eigenvalue weighted by molar-refractivity contribution is 5.35. The molecule has 1 aromatic carbocycles. The average molecular weight is 286 g/mol. The van der Waals surface area contributed by atoms with Crippen molar-refractivity contribution in [1.82, 2.24) is 10.2 Å². The summed E-state index contributed by atoms with van der Waals surface area (Å²) in [5, 5.41) is 3.58. The van der Waals surface area contributed by atoms with Gasteiger partial charge in [0, 0.05) is 6.54 Å². The van der Waals surface area contributed by atoms with Crippen LogP contribution in [0.5, 0.6) is 0 Å². The second-order valence-electron chi connectivity index (χ2n) is 6.88. The van der Waals surface area contributed by atoms with E-state index in [-0.39, 0.29) is 0 Å². The van der Waals surface area contributed by atoms with Gasteiger partial charge in [0.05, 0.1) is 0 Å². The number of aryl methyl sites for hydroxylation is 2. The van der Waals surface area contributed by atoms with E-state index in [2.05, 4.69) is 35.3 Å². The minimum atomic E-state index is 0.896. The predicted octanol–water partition coefficient (Wildman–Crippen LogP) is 3.39. The van der Waals surface area contributed by atoms with Crippen LogP contribution in [0, 0.1) is 5.92 Å². The van der Waals surface area contributed by atoms with E-state index in [1.807, 2.05) is 0 Å². The standard InChI is InChI=1S/C19H30N2/c1-2-10-20-14-16-8-11-21(12-9-16)15-17-6-7-18-4-3-5-19(18)13-17/h6-7,13,16,20H,2-5,8-12,14-15H2,1H3. The first-order valence-corrected chi connectivity index (χ1v) is 8.89. The molecule has 1 aliphatic carbocycles. The summed E-state index contributed by atoms with van der Waals surface area (Å²) in [5.74, 6) is 0.896. The van der Waals surface area contributed by atoms with Gasteiger partial charge in [-0.05, 0) is 87.3 Å². The molecule has 0 atom stereocenters. The number of rotatable bonds is 6. The number of piperidine rings is 1. The molecule has 1 aliphatic heterocycles. The van der Waals surface area contributed by atoms with Crippen LogP contribution in [0.2, 0.25) is 0 Å². The molecule has 0 spiro atoms. The number of hydrogen-bond donors (Lipinski definition) is 1. The molecule has 0 bridgehead atoms. The van der Waals surface area contributed by atoms with E-state index in [0.717, 1.165) is 12.5 Å². The molecule has 1 fully saturated rings. The molecule has 1 saturated heterocycles. The summed E-state index contributed by atoms with van der Waals surface area (Å²) < 4.78 is 0. The minimum Gasteiger partial charge on any atom is -0.316 e. The monoisotopic (exact) mass is 286 g/mol. The lowest BCUT2D eigenvalue weighted by Crippen LogP contribution is -2.37. The Morgan fingerprint density at radius 2 is 1.95 bits per heavy atom. The second-order valence-corrected chi connectivity index (χ2v) is 6.88. The lowest BCUT2D eigenvalue weighted by molar-refractivity contribution is 0.175. The van der Waals surface area contributed by atoms with Crippen molar-refractivity contribution in [3.63, 3.8) is 0 Å². The topological polar surface area (TPSA) is 15.3 Å². The Kier molecular flexibility index (Phi) is 5.32. The molecule has 2 nitrogen and oxygen atoms in total. The van der Waals surface area contributed by atoms with Crippen molar-refractivity contribution in [2.24, 2.45) is 5.92 Å². The van der Waals surface area contributed by atoms with Crippen LogP contribution in [0.4, 0.5) is 0 Å². The third kappa shape index (κ3) is 4.08. The highest BCUT2D eigenvalue weighted by Gasteiger charge is 2.19. The van der Waals surface area contributed by atoms with Crippen LogP contribution in [0.1, 0.15) is 49.3 Å². The van der Waals surface area contributed by atoms with Crippen molar-refractivity contribution >= 4 is 0 Å². The van der Waals surface area contributed by atoms with E-state index in [0.29, 0.717) is 0 Å². The van der Waals surface area contributed by atoms with Crippen molar-refractivity contribution in [2.75, 3.05) is 26.2 Å². The summed E-state index contributed by atoms with van der Waals surface area (Å²) in [6.45, 7) is 8.34. The molecule has 116 valence electrons. The summed E-state index contributed by atoms with van der Waals surface area (Å²) in [6, 6.07) is 7.20. The van der Waals surface area contributed by atoms with Gasteiger partial charge in [-0.2, -0.15) is 0 Å². The van der Waals surface area contributed by atoms with Gasteiger partial charge in [-0.15, -0.1) is 0 Å². The van der Waals surface area contributed by atoms with E-state index in [1.54, 1.807) is 11.1 Å². The summed E-state index contributed by atoms with van der Waals surface area (Å²) in [7, 11) is 0. The molecule has 0 unspecified atom stereocenters. The SMILES string of the molecule is CCCNCC1CCN(Cc2ccc3c(c2)CCC3)CC1. The van der Waals surface area contributed by atoms with Gasteiger partial charge in [-0.3, -0.25) is 4.90 Å². The van der Waals surface area contributed by atoms with E-state index in [1.165, 1.54) is 70.3 Å². The molecule has 21 heavy (non-hydrogen) atoms. The van der Waals surface area contributed by atoms with E-state index in [4.69, 9.17) is 0 Å². The summed E-state index contributed by atoms with van der Waals surface area (Å²) in [6.07, 6.45) is 7.93. The first-order valence-electron chi connectivity index (χ1n) is 8.89. The summed E-state index contributed by atoms with van der Waals surface area (Å²) in [5.41, 5.74) is 4.74. The molecule has 0 saturated carbocycles. The lowest BCUT2D eigenvalue weighted by atomic mass is 9.96. The number of nitrogens with zero attached hydrogens (tertiary/aromatic N) is 1. The molecule has 0 aromatic heterocycles. The zero-order valence-corrected chi connectivity index (χ0v) is 13.5. The van der Waals surface area contributed by atoms with Crippen LogP contribution < -0.4 is 5.32 Å². The largest absolute Gasteiger partial charge is 0.316 e. The number of fused-ring (bicyclic) bond motifs is 1. The smallest absolute Gasteiger partial charge is 0.0233 e. The predicted molar refractivity (Wildman–Crippen MR) is 89.6 cm³/mol. The van der Waals surface area contributed by atoms with Gasteiger partial charge >= 0.3 is 0 Å².